The van der Waals surface area contributed by atoms with E-state index in [9.17, 15) is 0 Å². The minimum Gasteiger partial charge on any atom is -0.330 e. The molecule has 0 fully saturated rings. The number of hydrogen-bond acceptors (Lipinski definition) is 2. The van der Waals surface area contributed by atoms with E-state index in [4.69, 9.17) is 0 Å². The predicted molar refractivity (Wildman–Crippen MR) is 79.2 cm³/mol. The Bertz CT molecular complexity index is 490. The summed E-state index contributed by atoms with van der Waals surface area (Å²) in [5, 5.41) is 3.59. The summed E-state index contributed by atoms with van der Waals surface area (Å²) in [4.78, 5) is 4.43. The van der Waals surface area contributed by atoms with Gasteiger partial charge in [-0.3, -0.25) is 0 Å². The highest BCUT2D eigenvalue weighted by Gasteiger charge is 2.20. The predicted octanol–water partition coefficient (Wildman–Crippen LogP) is 3.36. The third kappa shape index (κ3) is 3.04. The van der Waals surface area contributed by atoms with Crippen molar-refractivity contribution in [2.45, 2.75) is 39.3 Å². The zero-order valence-electron chi connectivity index (χ0n) is 12.0. The van der Waals surface area contributed by atoms with Gasteiger partial charge in [0.25, 0.3) is 0 Å². The number of nitrogens with one attached hydrogen (secondary N) is 1. The molecule has 0 aliphatic heterocycles. The number of nitrogens with zero attached hydrogens (tertiary/aromatic N) is 2. The number of likely N-dealkylation sites (N-methyl/N-ethyl adjacent to an activating group) is 1. The van der Waals surface area contributed by atoms with Crippen molar-refractivity contribution in [3.63, 3.8) is 0 Å². The van der Waals surface area contributed by atoms with Crippen LogP contribution in [0.25, 0.3) is 0 Å². The van der Waals surface area contributed by atoms with Crippen LogP contribution in [0.3, 0.4) is 0 Å². The Morgan fingerprint density at radius 2 is 1.95 bits per heavy atom. The molecule has 0 bridgehead atoms. The second kappa shape index (κ2) is 6.53. The van der Waals surface area contributed by atoms with Crippen LogP contribution in [0.1, 0.15) is 44.2 Å². The van der Waals surface area contributed by atoms with Gasteiger partial charge in [-0.05, 0) is 19.0 Å². The molecule has 0 amide bonds. The minimum atomic E-state index is 0.311. The monoisotopic (exact) mass is 257 g/mol. The van der Waals surface area contributed by atoms with E-state index in [2.05, 4.69) is 72.2 Å². The van der Waals surface area contributed by atoms with Crippen molar-refractivity contribution in [1.82, 2.24) is 14.9 Å². The third-order valence-corrected chi connectivity index (χ3v) is 3.57. The Hall–Kier alpha value is -1.61. The Labute approximate surface area is 115 Å². The molecule has 2 rings (SSSR count). The van der Waals surface area contributed by atoms with Crippen molar-refractivity contribution in [2.24, 2.45) is 0 Å². The first kappa shape index (κ1) is 13.8. The molecule has 19 heavy (non-hydrogen) atoms. The molecule has 3 heteroatoms. The van der Waals surface area contributed by atoms with E-state index < -0.39 is 0 Å². The molecule has 0 radical (unpaired) electrons. The standard InChI is InChI=1S/C16H23N3/c1-4-15-18-11-12-19(15)13(3)16(17-5-2)14-9-7-6-8-10-14/h6-13,16-17H,4-5H2,1-3H3. The highest BCUT2D eigenvalue weighted by atomic mass is 15.1. The normalized spacial score (nSPS) is 14.3. The average Bonchev–Trinajstić information content (AvgIpc) is 2.93. The van der Waals surface area contributed by atoms with E-state index in [0.717, 1.165) is 18.8 Å². The van der Waals surface area contributed by atoms with Crippen molar-refractivity contribution in [1.29, 1.82) is 0 Å². The van der Waals surface area contributed by atoms with Gasteiger partial charge in [0.15, 0.2) is 0 Å². The maximum Gasteiger partial charge on any atom is 0.108 e. The molecule has 0 saturated heterocycles. The number of imidazole rings is 1. The quantitative estimate of drug-likeness (QED) is 0.860. The van der Waals surface area contributed by atoms with Crippen LogP contribution < -0.4 is 5.32 Å². The number of benzene rings is 1. The van der Waals surface area contributed by atoms with Crippen molar-refractivity contribution in [3.8, 4) is 0 Å². The first-order chi connectivity index (χ1) is 9.27. The number of hydrogen-bond donors (Lipinski definition) is 1. The maximum absolute atomic E-state index is 4.43. The fourth-order valence-electron chi connectivity index (χ4n) is 2.60. The molecule has 102 valence electrons. The van der Waals surface area contributed by atoms with Crippen LogP contribution in [-0.2, 0) is 6.42 Å². The molecule has 2 atom stereocenters. The summed E-state index contributed by atoms with van der Waals surface area (Å²) >= 11 is 0. The van der Waals surface area contributed by atoms with Crippen LogP contribution >= 0.6 is 0 Å². The van der Waals surface area contributed by atoms with E-state index in [1.807, 2.05) is 6.20 Å². The lowest BCUT2D eigenvalue weighted by molar-refractivity contribution is 0.377. The van der Waals surface area contributed by atoms with Crippen LogP contribution in [0.2, 0.25) is 0 Å². The molecule has 1 heterocycles. The van der Waals surface area contributed by atoms with Crippen LogP contribution in [0.4, 0.5) is 0 Å². The van der Waals surface area contributed by atoms with Gasteiger partial charge in [-0.1, -0.05) is 44.2 Å². The van der Waals surface area contributed by atoms with E-state index >= 15 is 0 Å². The molecule has 0 spiro atoms. The molecule has 1 N–H and O–H groups in total. The summed E-state index contributed by atoms with van der Waals surface area (Å²) in [6, 6.07) is 11.3. The Morgan fingerprint density at radius 3 is 2.58 bits per heavy atom. The average molecular weight is 257 g/mol. The van der Waals surface area contributed by atoms with Gasteiger partial charge in [-0.25, -0.2) is 4.98 Å². The topological polar surface area (TPSA) is 29.9 Å². The van der Waals surface area contributed by atoms with Gasteiger partial charge in [-0.15, -0.1) is 0 Å². The van der Waals surface area contributed by atoms with E-state index in [1.54, 1.807) is 0 Å². The molecular weight excluding hydrogens is 234 g/mol. The van der Waals surface area contributed by atoms with E-state index in [1.165, 1.54) is 5.56 Å². The van der Waals surface area contributed by atoms with Gasteiger partial charge in [0.1, 0.15) is 5.82 Å². The molecule has 2 unspecified atom stereocenters. The largest absolute Gasteiger partial charge is 0.330 e. The van der Waals surface area contributed by atoms with Crippen molar-refractivity contribution in [3.05, 3.63) is 54.1 Å². The fourth-order valence-corrected chi connectivity index (χ4v) is 2.60. The van der Waals surface area contributed by atoms with Gasteiger partial charge < -0.3 is 9.88 Å². The first-order valence-corrected chi connectivity index (χ1v) is 7.08. The molecular formula is C16H23N3. The summed E-state index contributed by atoms with van der Waals surface area (Å²) in [5.74, 6) is 1.14. The van der Waals surface area contributed by atoms with Crippen LogP contribution in [0.5, 0.6) is 0 Å². The molecule has 0 aliphatic rings. The first-order valence-electron chi connectivity index (χ1n) is 7.08. The van der Waals surface area contributed by atoms with Crippen molar-refractivity contribution >= 4 is 0 Å². The molecule has 0 saturated carbocycles. The summed E-state index contributed by atoms with van der Waals surface area (Å²) < 4.78 is 2.28. The van der Waals surface area contributed by atoms with Crippen molar-refractivity contribution in [2.75, 3.05) is 6.54 Å². The molecule has 0 aliphatic carbocycles. The van der Waals surface area contributed by atoms with Crippen LogP contribution in [0.15, 0.2) is 42.7 Å². The summed E-state index contributed by atoms with van der Waals surface area (Å²) in [6.45, 7) is 7.51. The summed E-state index contributed by atoms with van der Waals surface area (Å²) in [5.41, 5.74) is 1.33. The molecule has 1 aromatic carbocycles. The van der Waals surface area contributed by atoms with Gasteiger partial charge in [-0.2, -0.15) is 0 Å². The minimum absolute atomic E-state index is 0.311. The number of aryl methyl sites for hydroxylation is 1. The van der Waals surface area contributed by atoms with Crippen LogP contribution in [0, 0.1) is 0 Å². The summed E-state index contributed by atoms with van der Waals surface area (Å²) in [6.07, 6.45) is 4.94. The zero-order chi connectivity index (χ0) is 13.7. The maximum atomic E-state index is 4.43. The van der Waals surface area contributed by atoms with Gasteiger partial charge >= 0.3 is 0 Å². The zero-order valence-corrected chi connectivity index (χ0v) is 12.0. The van der Waals surface area contributed by atoms with Crippen molar-refractivity contribution < 1.29 is 0 Å². The number of rotatable bonds is 6. The molecule has 3 nitrogen and oxygen atoms in total. The Morgan fingerprint density at radius 1 is 1.21 bits per heavy atom. The molecule has 2 aromatic rings. The lowest BCUT2D eigenvalue weighted by atomic mass is 10.00. The highest BCUT2D eigenvalue weighted by Crippen LogP contribution is 2.26. The Kier molecular flexibility index (Phi) is 4.74. The van der Waals surface area contributed by atoms with Gasteiger partial charge in [0.05, 0.1) is 12.1 Å². The SMILES string of the molecule is CCNC(c1ccccc1)C(C)n1ccnc1CC. The number of aromatic nitrogens is 2. The second-order valence-electron chi connectivity index (χ2n) is 4.79. The highest BCUT2D eigenvalue weighted by molar-refractivity contribution is 5.20. The van der Waals surface area contributed by atoms with Crippen LogP contribution in [-0.4, -0.2) is 16.1 Å². The van der Waals surface area contributed by atoms with E-state index in [-0.39, 0.29) is 0 Å². The Balaban J connectivity index is 2.29. The van der Waals surface area contributed by atoms with Gasteiger partial charge in [0.2, 0.25) is 0 Å². The fraction of sp³-hybridized carbons (Fsp3) is 0.438. The smallest absolute Gasteiger partial charge is 0.108 e. The lowest BCUT2D eigenvalue weighted by Gasteiger charge is -2.27. The molecule has 1 aromatic heterocycles. The lowest BCUT2D eigenvalue weighted by Crippen LogP contribution is -2.29. The van der Waals surface area contributed by atoms with E-state index in [0.29, 0.717) is 12.1 Å². The third-order valence-electron chi connectivity index (χ3n) is 3.57. The van der Waals surface area contributed by atoms with Gasteiger partial charge in [0, 0.05) is 18.8 Å². The summed E-state index contributed by atoms with van der Waals surface area (Å²) in [7, 11) is 0. The second-order valence-corrected chi connectivity index (χ2v) is 4.79.